The van der Waals surface area contributed by atoms with Gasteiger partial charge in [-0.1, -0.05) is 131 Å². The molecule has 8 aromatic carbocycles. The van der Waals surface area contributed by atoms with Gasteiger partial charge in [-0.15, -0.1) is 43.7 Å². The van der Waals surface area contributed by atoms with Gasteiger partial charge in [0.1, 0.15) is 251 Å². The monoisotopic (exact) mass is 1020 g/mol. The molecule has 0 saturated heterocycles. The Balaban J connectivity index is 1.40. The summed E-state index contributed by atoms with van der Waals surface area (Å²) in [6.07, 6.45) is 0. The smallest absolute Gasteiger partial charge is 0.142 e. The van der Waals surface area contributed by atoms with Crippen molar-refractivity contribution in [2.75, 3.05) is 0 Å². The zero-order chi connectivity index (χ0) is 60.9. The molecule has 0 aliphatic carbocycles. The molecular formula is C48H64B32N2. The number of aromatic nitrogens is 2. The van der Waals surface area contributed by atoms with Crippen molar-refractivity contribution in [3.63, 3.8) is 0 Å². The summed E-state index contributed by atoms with van der Waals surface area (Å²) in [5.41, 5.74) is 60.6. The molecule has 0 radical (unpaired) electrons. The van der Waals surface area contributed by atoms with Crippen LogP contribution in [0.4, 0.5) is 0 Å². The van der Waals surface area contributed by atoms with E-state index in [4.69, 9.17) is 0 Å². The SMILES string of the molecule is Bc1c(B)c(B)c(-c2c(B)c(B)c(B)c(-n3c4c(B)c(B)c(B)c(B)c4c4c(B)c(-c5c(B)c(B)c6c(c5B)c5c(B)c(B)c(B)c(B)c5n6-c5c(B)c(B)c(B)c(-c6c(B)c(B)c(B)c(B)c6B)c5B)c(B)c(B)c43)c2B)c(B)c1B. The number of rotatable bonds is 5. The Morgan fingerprint density at radius 1 is 0.122 bits per heavy atom. The van der Waals surface area contributed by atoms with Gasteiger partial charge < -0.3 is 9.13 Å². The second-order valence-corrected chi connectivity index (χ2v) is 26.5. The van der Waals surface area contributed by atoms with Crippen LogP contribution in [0.5, 0.6) is 0 Å². The van der Waals surface area contributed by atoms with Gasteiger partial charge in [-0.25, -0.2) is 0 Å². The Labute approximate surface area is 519 Å². The van der Waals surface area contributed by atoms with Gasteiger partial charge in [-0.3, -0.25) is 0 Å². The molecule has 0 bridgehead atoms. The number of fused-ring (bicyclic) bond motifs is 6. The predicted octanol–water partition coefficient (Wildman–Crippen LogP) is -42.8. The average Bonchev–Trinajstić information content (AvgIpc) is 1.64. The van der Waals surface area contributed by atoms with Crippen LogP contribution < -0.4 is 175 Å². The normalized spacial score (nSPS) is 11.8. The highest BCUT2D eigenvalue weighted by Gasteiger charge is 2.32. The molecule has 0 amide bonds. The van der Waals surface area contributed by atoms with Crippen molar-refractivity contribution in [2.45, 2.75) is 0 Å². The van der Waals surface area contributed by atoms with Gasteiger partial charge in [0.05, 0.1) is 0 Å². The van der Waals surface area contributed by atoms with Crippen LogP contribution in [0.3, 0.4) is 0 Å². The molecule has 10 aromatic rings. The molecule has 34 heteroatoms. The second kappa shape index (κ2) is 20.6. The van der Waals surface area contributed by atoms with E-state index in [1.165, 1.54) is 263 Å². The first-order chi connectivity index (χ1) is 38.1. The minimum absolute atomic E-state index is 1.33. The highest BCUT2D eigenvalue weighted by atomic mass is 15.0. The van der Waals surface area contributed by atoms with E-state index in [0.717, 1.165) is 0 Å². The molecule has 0 spiro atoms. The maximum atomic E-state index is 2.77. The molecule has 82 heavy (non-hydrogen) atoms. The third kappa shape index (κ3) is 7.80. The number of hydrogen-bond donors (Lipinski definition) is 0. The van der Waals surface area contributed by atoms with E-state index in [-0.39, 0.29) is 0 Å². The summed E-state index contributed by atoms with van der Waals surface area (Å²) in [6, 6.07) is 0. The molecule has 0 saturated carbocycles. The summed E-state index contributed by atoms with van der Waals surface area (Å²) in [4.78, 5) is 0. The Kier molecular flexibility index (Phi) is 15.2. The first-order valence-electron chi connectivity index (χ1n) is 30.6. The van der Waals surface area contributed by atoms with Gasteiger partial charge in [0, 0.05) is 44.2 Å². The van der Waals surface area contributed by atoms with E-state index in [0.29, 0.717) is 0 Å². The molecule has 2 heterocycles. The lowest BCUT2D eigenvalue weighted by Gasteiger charge is -2.29. The lowest BCUT2D eigenvalue weighted by molar-refractivity contribution is 1.22. The maximum Gasteiger partial charge on any atom is 0.142 e. The standard InChI is InChI=1S/C48H64B32N2/c49-11-1(19(57)37(75)43-7(11)9-21(59)29(67)35(73)39(77)45(9)81(43)47-23(61)5(17(55)31(69)41(47)79)3-13(51)25(63)33(71)26(64)14(3)52)2-12(50)8-10-22(60)30(68)36(74)40(78)46(10)82(44(8)38(76)20(2)58)48-24(62)6(18(56)32(70)42(48)80)4-15(53)27(65)34(72)28(66)16(4)54/h49-80H2. The van der Waals surface area contributed by atoms with Crippen LogP contribution >= 0.6 is 0 Å². The molecule has 10 rings (SSSR count). The van der Waals surface area contributed by atoms with Crippen molar-refractivity contribution in [2.24, 2.45) is 0 Å². The van der Waals surface area contributed by atoms with Gasteiger partial charge in [0.15, 0.2) is 0 Å². The topological polar surface area (TPSA) is 9.86 Å². The van der Waals surface area contributed by atoms with Gasteiger partial charge in [-0.05, 0) is 44.2 Å². The summed E-state index contributed by atoms with van der Waals surface area (Å²) < 4.78 is 5.53. The maximum absolute atomic E-state index is 2.77. The largest absolute Gasteiger partial charge is 0.312 e. The zero-order valence-corrected chi connectivity index (χ0v) is 56.9. The lowest BCUT2D eigenvalue weighted by Crippen LogP contribution is -2.57. The van der Waals surface area contributed by atoms with Gasteiger partial charge in [-0.2, -0.15) is 0 Å². The van der Waals surface area contributed by atoms with Gasteiger partial charge in [0.2, 0.25) is 0 Å². The van der Waals surface area contributed by atoms with E-state index in [9.17, 15) is 0 Å². The molecular weight excluding hydrogens is 951 g/mol. The first kappa shape index (κ1) is 60.6. The van der Waals surface area contributed by atoms with Crippen LogP contribution in [0.1, 0.15) is 0 Å². The molecule has 0 fully saturated rings. The highest BCUT2D eigenvalue weighted by molar-refractivity contribution is 6.77. The Morgan fingerprint density at radius 3 is 0.524 bits per heavy atom. The minimum Gasteiger partial charge on any atom is -0.312 e. The van der Waals surface area contributed by atoms with Crippen LogP contribution in [-0.4, -0.2) is 260 Å². The molecule has 0 unspecified atom stereocenters. The van der Waals surface area contributed by atoms with Crippen molar-refractivity contribution in [1.29, 1.82) is 0 Å². The molecule has 0 aliphatic heterocycles. The van der Waals surface area contributed by atoms with Crippen LogP contribution in [-0.2, 0) is 0 Å². The third-order valence-electron chi connectivity index (χ3n) is 23.6. The van der Waals surface area contributed by atoms with Crippen LogP contribution in [0.25, 0.3) is 88.4 Å². The van der Waals surface area contributed by atoms with E-state index in [2.05, 4.69) is 260 Å². The minimum atomic E-state index is 1.33. The number of hydrogen-bond acceptors (Lipinski definition) is 0. The first-order valence-corrected chi connectivity index (χ1v) is 30.6. The summed E-state index contributed by atoms with van der Waals surface area (Å²) in [7, 11) is 76.3. The number of benzene rings is 8. The highest BCUT2D eigenvalue weighted by Crippen LogP contribution is 2.32. The Bertz CT molecular complexity index is 4360. The van der Waals surface area contributed by atoms with Crippen molar-refractivity contribution in [3.8, 4) is 44.8 Å². The van der Waals surface area contributed by atoms with E-state index in [1.807, 2.05) is 0 Å². The average molecular weight is 1020 g/mol. The zero-order valence-electron chi connectivity index (χ0n) is 56.9. The van der Waals surface area contributed by atoms with Crippen molar-refractivity contribution in [1.82, 2.24) is 9.13 Å². The molecule has 2 aromatic heterocycles. The fraction of sp³-hybridized carbons (Fsp3) is 0. The Hall–Kier alpha value is -4.56. The molecule has 0 N–H and O–H groups in total. The van der Waals surface area contributed by atoms with E-state index >= 15 is 0 Å². The van der Waals surface area contributed by atoms with E-state index in [1.54, 1.807) is 0 Å². The predicted molar refractivity (Wildman–Crippen MR) is 473 cm³/mol. The fourth-order valence-electron chi connectivity index (χ4n) is 16.4. The second-order valence-electron chi connectivity index (χ2n) is 26.5. The quantitative estimate of drug-likeness (QED) is 0.152. The van der Waals surface area contributed by atoms with Crippen molar-refractivity contribution >= 4 is 470 Å². The van der Waals surface area contributed by atoms with Crippen LogP contribution in [0.15, 0.2) is 0 Å². The molecule has 2 nitrogen and oxygen atoms in total. The van der Waals surface area contributed by atoms with Crippen LogP contribution in [0.2, 0.25) is 0 Å². The molecule has 0 aliphatic rings. The van der Waals surface area contributed by atoms with E-state index < -0.39 is 0 Å². The summed E-state index contributed by atoms with van der Waals surface area (Å²) in [5.74, 6) is 0. The summed E-state index contributed by atoms with van der Waals surface area (Å²) in [6.45, 7) is 0. The Morgan fingerprint density at radius 2 is 0.268 bits per heavy atom. The molecule has 0 atom stereocenters. The lowest BCUT2D eigenvalue weighted by atomic mass is 9.56. The fourth-order valence-corrected chi connectivity index (χ4v) is 16.4. The van der Waals surface area contributed by atoms with Crippen molar-refractivity contribution < 1.29 is 0 Å². The summed E-state index contributed by atoms with van der Waals surface area (Å²) in [5, 5.41) is 5.58. The summed E-state index contributed by atoms with van der Waals surface area (Å²) >= 11 is 0. The van der Waals surface area contributed by atoms with Crippen molar-refractivity contribution in [3.05, 3.63) is 0 Å². The number of nitrogens with zero attached hydrogens (tertiary/aromatic N) is 2. The van der Waals surface area contributed by atoms with Gasteiger partial charge in [0.25, 0.3) is 0 Å². The van der Waals surface area contributed by atoms with Crippen LogP contribution in [0, 0.1) is 0 Å². The molecule has 362 valence electrons. The third-order valence-corrected chi connectivity index (χ3v) is 23.6. The van der Waals surface area contributed by atoms with Gasteiger partial charge >= 0.3 is 0 Å².